The van der Waals surface area contributed by atoms with Crippen molar-refractivity contribution < 1.29 is 9.47 Å². The van der Waals surface area contributed by atoms with Crippen molar-refractivity contribution in [3.63, 3.8) is 0 Å². The van der Waals surface area contributed by atoms with Gasteiger partial charge in [-0.15, -0.1) is 0 Å². The highest BCUT2D eigenvalue weighted by molar-refractivity contribution is 4.77. The van der Waals surface area contributed by atoms with E-state index in [0.29, 0.717) is 18.1 Å². The summed E-state index contributed by atoms with van der Waals surface area (Å²) in [5.74, 6) is 0.614. The zero-order chi connectivity index (χ0) is 11.8. The van der Waals surface area contributed by atoms with Crippen LogP contribution in [0.1, 0.15) is 39.5 Å². The molecule has 1 aliphatic carbocycles. The summed E-state index contributed by atoms with van der Waals surface area (Å²) < 4.78 is 11.3. The van der Waals surface area contributed by atoms with E-state index >= 15 is 0 Å². The maximum absolute atomic E-state index is 5.83. The molecule has 2 atom stereocenters. The Hall–Kier alpha value is -0.120. The minimum absolute atomic E-state index is 0.439. The van der Waals surface area contributed by atoms with Gasteiger partial charge in [0.1, 0.15) is 0 Å². The van der Waals surface area contributed by atoms with Crippen molar-refractivity contribution in [2.75, 3.05) is 26.9 Å². The summed E-state index contributed by atoms with van der Waals surface area (Å²) in [4.78, 5) is 0. The maximum atomic E-state index is 5.83. The molecule has 0 aliphatic heterocycles. The van der Waals surface area contributed by atoms with E-state index in [4.69, 9.17) is 9.47 Å². The maximum Gasteiger partial charge on any atom is 0.0704 e. The van der Waals surface area contributed by atoms with Gasteiger partial charge in [-0.3, -0.25) is 0 Å². The molecule has 0 amide bonds. The Kier molecular flexibility index (Phi) is 7.01. The van der Waals surface area contributed by atoms with E-state index < -0.39 is 0 Å². The highest BCUT2D eigenvalue weighted by Crippen LogP contribution is 2.20. The minimum Gasteiger partial charge on any atom is -0.379 e. The zero-order valence-electron chi connectivity index (χ0n) is 11.0. The fraction of sp³-hybridized carbons (Fsp3) is 1.00. The Morgan fingerprint density at radius 3 is 2.75 bits per heavy atom. The van der Waals surface area contributed by atoms with Gasteiger partial charge in [0.15, 0.2) is 0 Å². The molecule has 96 valence electrons. The fourth-order valence-corrected chi connectivity index (χ4v) is 2.15. The molecule has 0 aromatic rings. The van der Waals surface area contributed by atoms with Crippen molar-refractivity contribution in [2.45, 2.75) is 51.7 Å². The van der Waals surface area contributed by atoms with Crippen LogP contribution in [0.5, 0.6) is 0 Å². The lowest BCUT2D eigenvalue weighted by molar-refractivity contribution is -0.0188. The SMILES string of the molecule is CNC1CCCC(OCCOCC(C)C)C1. The summed E-state index contributed by atoms with van der Waals surface area (Å²) in [6, 6.07) is 0.648. The number of hydrogen-bond donors (Lipinski definition) is 1. The predicted octanol–water partition coefficient (Wildman–Crippen LogP) is 2.21. The van der Waals surface area contributed by atoms with Crippen molar-refractivity contribution >= 4 is 0 Å². The summed E-state index contributed by atoms with van der Waals surface area (Å²) in [7, 11) is 2.04. The monoisotopic (exact) mass is 229 g/mol. The van der Waals surface area contributed by atoms with Crippen molar-refractivity contribution in [3.05, 3.63) is 0 Å². The highest BCUT2D eigenvalue weighted by atomic mass is 16.5. The van der Waals surface area contributed by atoms with Crippen LogP contribution in [0.3, 0.4) is 0 Å². The van der Waals surface area contributed by atoms with Crippen LogP contribution < -0.4 is 5.32 Å². The van der Waals surface area contributed by atoms with Crippen LogP contribution in [0.25, 0.3) is 0 Å². The van der Waals surface area contributed by atoms with E-state index in [2.05, 4.69) is 19.2 Å². The summed E-state index contributed by atoms with van der Waals surface area (Å²) in [5.41, 5.74) is 0. The summed E-state index contributed by atoms with van der Waals surface area (Å²) >= 11 is 0. The third kappa shape index (κ3) is 5.83. The smallest absolute Gasteiger partial charge is 0.0704 e. The number of ether oxygens (including phenoxy) is 2. The van der Waals surface area contributed by atoms with E-state index in [1.54, 1.807) is 0 Å². The first-order valence-electron chi connectivity index (χ1n) is 6.59. The van der Waals surface area contributed by atoms with Crippen molar-refractivity contribution in [3.8, 4) is 0 Å². The topological polar surface area (TPSA) is 30.5 Å². The van der Waals surface area contributed by atoms with Gasteiger partial charge >= 0.3 is 0 Å². The molecule has 16 heavy (non-hydrogen) atoms. The fourth-order valence-electron chi connectivity index (χ4n) is 2.15. The molecule has 0 radical (unpaired) electrons. The second-order valence-electron chi connectivity index (χ2n) is 5.11. The molecular formula is C13H27NO2. The molecule has 0 bridgehead atoms. The number of hydrogen-bond acceptors (Lipinski definition) is 3. The molecule has 0 aromatic heterocycles. The molecule has 3 heteroatoms. The lowest BCUT2D eigenvalue weighted by atomic mass is 9.93. The summed E-state index contributed by atoms with van der Waals surface area (Å²) in [6.45, 7) is 6.65. The second-order valence-corrected chi connectivity index (χ2v) is 5.11. The molecule has 1 fully saturated rings. The Bertz CT molecular complexity index is 173. The van der Waals surface area contributed by atoms with Gasteiger partial charge in [-0.1, -0.05) is 13.8 Å². The van der Waals surface area contributed by atoms with Gasteiger partial charge in [0.2, 0.25) is 0 Å². The number of nitrogens with one attached hydrogen (secondary N) is 1. The predicted molar refractivity (Wildman–Crippen MR) is 66.7 cm³/mol. The molecule has 1 rings (SSSR count). The van der Waals surface area contributed by atoms with E-state index in [9.17, 15) is 0 Å². The van der Waals surface area contributed by atoms with E-state index in [0.717, 1.165) is 26.2 Å². The van der Waals surface area contributed by atoms with Crippen LogP contribution >= 0.6 is 0 Å². The first-order valence-corrected chi connectivity index (χ1v) is 6.59. The van der Waals surface area contributed by atoms with Crippen molar-refractivity contribution in [1.29, 1.82) is 0 Å². The van der Waals surface area contributed by atoms with Crippen LogP contribution in [-0.4, -0.2) is 39.0 Å². The van der Waals surface area contributed by atoms with Crippen molar-refractivity contribution in [1.82, 2.24) is 5.32 Å². The standard InChI is InChI=1S/C13H27NO2/c1-11(2)10-15-7-8-16-13-6-4-5-12(9-13)14-3/h11-14H,4-10H2,1-3H3. The Labute approximate surface area is 99.9 Å². The van der Waals surface area contributed by atoms with Gasteiger partial charge in [-0.05, 0) is 38.6 Å². The van der Waals surface area contributed by atoms with Crippen LogP contribution in [-0.2, 0) is 9.47 Å². The van der Waals surface area contributed by atoms with Gasteiger partial charge in [0, 0.05) is 12.6 Å². The minimum atomic E-state index is 0.439. The second kappa shape index (κ2) is 8.04. The van der Waals surface area contributed by atoms with Crippen LogP contribution in [0.2, 0.25) is 0 Å². The van der Waals surface area contributed by atoms with E-state index in [-0.39, 0.29) is 0 Å². The average molecular weight is 229 g/mol. The molecule has 2 unspecified atom stereocenters. The van der Waals surface area contributed by atoms with Gasteiger partial charge in [-0.25, -0.2) is 0 Å². The van der Waals surface area contributed by atoms with E-state index in [1.165, 1.54) is 19.3 Å². The molecule has 0 saturated heterocycles. The third-order valence-corrected chi connectivity index (χ3v) is 3.07. The zero-order valence-corrected chi connectivity index (χ0v) is 11.0. The third-order valence-electron chi connectivity index (χ3n) is 3.07. The molecule has 1 saturated carbocycles. The van der Waals surface area contributed by atoms with Gasteiger partial charge in [-0.2, -0.15) is 0 Å². The Balaban J connectivity index is 1.99. The lowest BCUT2D eigenvalue weighted by Crippen LogP contribution is -2.35. The van der Waals surface area contributed by atoms with Gasteiger partial charge in [0.25, 0.3) is 0 Å². The quantitative estimate of drug-likeness (QED) is 0.679. The van der Waals surface area contributed by atoms with E-state index in [1.807, 2.05) is 7.05 Å². The molecule has 0 spiro atoms. The number of rotatable bonds is 7. The first kappa shape index (κ1) is 13.9. The van der Waals surface area contributed by atoms with Gasteiger partial charge < -0.3 is 14.8 Å². The molecule has 3 nitrogen and oxygen atoms in total. The normalized spacial score (nSPS) is 26.2. The Morgan fingerprint density at radius 1 is 1.25 bits per heavy atom. The molecule has 1 aliphatic rings. The van der Waals surface area contributed by atoms with Gasteiger partial charge in [0.05, 0.1) is 19.3 Å². The highest BCUT2D eigenvalue weighted by Gasteiger charge is 2.20. The summed E-state index contributed by atoms with van der Waals surface area (Å²) in [5, 5.41) is 3.34. The summed E-state index contributed by atoms with van der Waals surface area (Å²) in [6.07, 6.45) is 5.38. The molecule has 0 aromatic carbocycles. The largest absolute Gasteiger partial charge is 0.379 e. The van der Waals surface area contributed by atoms with Crippen LogP contribution in [0.15, 0.2) is 0 Å². The van der Waals surface area contributed by atoms with Crippen LogP contribution in [0.4, 0.5) is 0 Å². The molecule has 0 heterocycles. The first-order chi connectivity index (χ1) is 7.72. The molecular weight excluding hydrogens is 202 g/mol. The molecule has 1 N–H and O–H groups in total. The average Bonchev–Trinajstić information content (AvgIpc) is 2.28. The van der Waals surface area contributed by atoms with Crippen LogP contribution in [0, 0.1) is 5.92 Å². The lowest BCUT2D eigenvalue weighted by Gasteiger charge is -2.28. The van der Waals surface area contributed by atoms with Crippen molar-refractivity contribution in [2.24, 2.45) is 5.92 Å². The Morgan fingerprint density at radius 2 is 2.06 bits per heavy atom.